The summed E-state index contributed by atoms with van der Waals surface area (Å²) in [7, 11) is 0. The zero-order valence-corrected chi connectivity index (χ0v) is 12.0. The van der Waals surface area contributed by atoms with Crippen LogP contribution in [0.4, 0.5) is 24.8 Å². The predicted octanol–water partition coefficient (Wildman–Crippen LogP) is 2.49. The average Bonchev–Trinajstić information content (AvgIpc) is 2.46. The van der Waals surface area contributed by atoms with Crippen molar-refractivity contribution in [3.05, 3.63) is 11.9 Å². The van der Waals surface area contributed by atoms with Crippen LogP contribution >= 0.6 is 0 Å². The normalized spacial score (nSPS) is 17.1. The topological polar surface area (TPSA) is 67.1 Å². The molecule has 0 amide bonds. The van der Waals surface area contributed by atoms with Crippen LogP contribution in [-0.4, -0.2) is 29.2 Å². The molecule has 0 radical (unpaired) electrons. The lowest BCUT2D eigenvalue weighted by atomic mass is 9.96. The van der Waals surface area contributed by atoms with Crippen molar-refractivity contribution in [2.75, 3.05) is 23.4 Å². The highest BCUT2D eigenvalue weighted by Gasteiger charge is 2.41. The molecule has 1 aromatic rings. The molecular formula is C13H20F3N5. The second-order valence-corrected chi connectivity index (χ2v) is 5.22. The zero-order chi connectivity index (χ0) is 15.5. The fourth-order valence-corrected chi connectivity index (χ4v) is 2.49. The molecule has 1 aromatic heterocycles. The van der Waals surface area contributed by atoms with Gasteiger partial charge in [-0.15, -0.1) is 0 Å². The predicted molar refractivity (Wildman–Crippen MR) is 74.8 cm³/mol. The molecule has 0 aromatic carbocycles. The number of aryl methyl sites for hydroxylation is 1. The van der Waals surface area contributed by atoms with E-state index < -0.39 is 12.1 Å². The number of nitrogens with two attached hydrogens (primary N) is 1. The molecule has 1 saturated heterocycles. The maximum atomic E-state index is 12.7. The van der Waals surface area contributed by atoms with E-state index in [-0.39, 0.29) is 12.8 Å². The van der Waals surface area contributed by atoms with Gasteiger partial charge in [-0.1, -0.05) is 6.92 Å². The Morgan fingerprint density at radius 2 is 2.00 bits per heavy atom. The highest BCUT2D eigenvalue weighted by molar-refractivity contribution is 5.49. The minimum Gasteiger partial charge on any atom is -0.356 e. The molecule has 0 atom stereocenters. The fourth-order valence-electron chi connectivity index (χ4n) is 2.49. The van der Waals surface area contributed by atoms with E-state index in [1.165, 1.54) is 0 Å². The number of aromatic nitrogens is 2. The third-order valence-corrected chi connectivity index (χ3v) is 3.66. The first kappa shape index (κ1) is 15.8. The van der Waals surface area contributed by atoms with Crippen LogP contribution in [0.25, 0.3) is 0 Å². The number of nitrogens with zero attached hydrogens (tertiary/aromatic N) is 3. The molecule has 1 aliphatic heterocycles. The Labute approximate surface area is 121 Å². The molecule has 118 valence electrons. The molecule has 0 unspecified atom stereocenters. The van der Waals surface area contributed by atoms with Crippen molar-refractivity contribution >= 4 is 11.6 Å². The van der Waals surface area contributed by atoms with Gasteiger partial charge in [-0.3, -0.25) is 0 Å². The number of hydrazine groups is 1. The van der Waals surface area contributed by atoms with Crippen LogP contribution in [0, 0.1) is 5.92 Å². The van der Waals surface area contributed by atoms with Gasteiger partial charge in [0.2, 0.25) is 0 Å². The minimum atomic E-state index is -4.10. The third kappa shape index (κ3) is 3.96. The Balaban J connectivity index is 2.10. The van der Waals surface area contributed by atoms with Crippen LogP contribution < -0.4 is 16.2 Å². The number of nitrogen functional groups attached to an aromatic ring is 1. The van der Waals surface area contributed by atoms with E-state index in [4.69, 9.17) is 5.84 Å². The van der Waals surface area contributed by atoms with Crippen molar-refractivity contribution in [2.24, 2.45) is 11.8 Å². The van der Waals surface area contributed by atoms with E-state index in [2.05, 4.69) is 15.4 Å². The van der Waals surface area contributed by atoms with Crippen molar-refractivity contribution in [1.29, 1.82) is 0 Å². The molecular weight excluding hydrogens is 283 g/mol. The number of halogens is 3. The molecule has 0 aliphatic carbocycles. The molecule has 1 aliphatic rings. The molecule has 2 heterocycles. The standard InChI is InChI=1S/C13H20F3N5/c1-2-3-10-18-11(20-17)8-12(19-10)21-6-4-9(5-7-21)13(14,15)16/h8-9H,2-7,17H2,1H3,(H,18,19,20). The summed E-state index contributed by atoms with van der Waals surface area (Å²) in [6.45, 7) is 2.70. The van der Waals surface area contributed by atoms with Gasteiger partial charge >= 0.3 is 6.18 Å². The van der Waals surface area contributed by atoms with Crippen molar-refractivity contribution < 1.29 is 13.2 Å². The van der Waals surface area contributed by atoms with Crippen molar-refractivity contribution in [3.8, 4) is 0 Å². The lowest BCUT2D eigenvalue weighted by Crippen LogP contribution is -2.39. The minimum absolute atomic E-state index is 0.0992. The van der Waals surface area contributed by atoms with Gasteiger partial charge in [0.25, 0.3) is 0 Å². The Morgan fingerprint density at radius 3 is 2.52 bits per heavy atom. The summed E-state index contributed by atoms with van der Waals surface area (Å²) in [4.78, 5) is 10.5. The molecule has 0 bridgehead atoms. The molecule has 0 spiro atoms. The van der Waals surface area contributed by atoms with Crippen molar-refractivity contribution in [1.82, 2.24) is 9.97 Å². The smallest absolute Gasteiger partial charge is 0.356 e. The monoisotopic (exact) mass is 303 g/mol. The van der Waals surface area contributed by atoms with Gasteiger partial charge < -0.3 is 10.3 Å². The highest BCUT2D eigenvalue weighted by atomic mass is 19.4. The largest absolute Gasteiger partial charge is 0.391 e. The number of anilines is 2. The summed E-state index contributed by atoms with van der Waals surface area (Å²) in [5, 5.41) is 0. The second-order valence-electron chi connectivity index (χ2n) is 5.22. The molecule has 1 fully saturated rings. The Kier molecular flexibility index (Phi) is 4.87. The van der Waals surface area contributed by atoms with Gasteiger partial charge in [0.05, 0.1) is 5.92 Å². The first-order valence-corrected chi connectivity index (χ1v) is 7.10. The number of rotatable bonds is 4. The van der Waals surface area contributed by atoms with Gasteiger partial charge in [-0.2, -0.15) is 13.2 Å². The maximum Gasteiger partial charge on any atom is 0.391 e. The Morgan fingerprint density at radius 1 is 1.33 bits per heavy atom. The van der Waals surface area contributed by atoms with Gasteiger partial charge in [0, 0.05) is 25.6 Å². The second kappa shape index (κ2) is 6.46. The molecule has 0 saturated carbocycles. The maximum absolute atomic E-state index is 12.7. The number of nitrogens with one attached hydrogen (secondary N) is 1. The number of alkyl halides is 3. The summed E-state index contributed by atoms with van der Waals surface area (Å²) in [5.41, 5.74) is 2.48. The summed E-state index contributed by atoms with van der Waals surface area (Å²) in [5.74, 6) is 5.96. The van der Waals surface area contributed by atoms with E-state index in [0.29, 0.717) is 37.0 Å². The SMILES string of the molecule is CCCc1nc(NN)cc(N2CCC(C(F)(F)F)CC2)n1. The van der Waals surface area contributed by atoms with Crippen molar-refractivity contribution in [3.63, 3.8) is 0 Å². The first-order valence-electron chi connectivity index (χ1n) is 7.10. The lowest BCUT2D eigenvalue weighted by Gasteiger charge is -2.33. The first-order chi connectivity index (χ1) is 9.94. The third-order valence-electron chi connectivity index (χ3n) is 3.66. The van der Waals surface area contributed by atoms with Gasteiger partial charge in [-0.25, -0.2) is 15.8 Å². The van der Waals surface area contributed by atoms with Crippen LogP contribution in [0.1, 0.15) is 32.0 Å². The van der Waals surface area contributed by atoms with E-state index in [9.17, 15) is 13.2 Å². The fraction of sp³-hybridized carbons (Fsp3) is 0.692. The van der Waals surface area contributed by atoms with Crippen LogP contribution in [0.3, 0.4) is 0 Å². The van der Waals surface area contributed by atoms with E-state index >= 15 is 0 Å². The van der Waals surface area contributed by atoms with Gasteiger partial charge in [0.1, 0.15) is 17.5 Å². The van der Waals surface area contributed by atoms with Crippen LogP contribution in [-0.2, 0) is 6.42 Å². The molecule has 21 heavy (non-hydrogen) atoms. The quantitative estimate of drug-likeness (QED) is 0.661. The van der Waals surface area contributed by atoms with Crippen LogP contribution in [0.2, 0.25) is 0 Å². The Hall–Kier alpha value is -1.57. The number of piperidine rings is 1. The van der Waals surface area contributed by atoms with Gasteiger partial charge in [-0.05, 0) is 19.3 Å². The summed E-state index contributed by atoms with van der Waals surface area (Å²) < 4.78 is 38.1. The molecule has 5 nitrogen and oxygen atoms in total. The molecule has 8 heteroatoms. The number of hydrogen-bond donors (Lipinski definition) is 2. The van der Waals surface area contributed by atoms with Crippen LogP contribution in [0.15, 0.2) is 6.07 Å². The van der Waals surface area contributed by atoms with Crippen LogP contribution in [0.5, 0.6) is 0 Å². The summed E-state index contributed by atoms with van der Waals surface area (Å²) in [6, 6.07) is 1.67. The Bertz CT molecular complexity index is 469. The molecule has 2 rings (SSSR count). The number of hydrogen-bond acceptors (Lipinski definition) is 5. The zero-order valence-electron chi connectivity index (χ0n) is 12.0. The average molecular weight is 303 g/mol. The summed E-state index contributed by atoms with van der Waals surface area (Å²) in [6.07, 6.45) is -2.30. The highest BCUT2D eigenvalue weighted by Crippen LogP contribution is 2.35. The molecule has 3 N–H and O–H groups in total. The van der Waals surface area contributed by atoms with E-state index in [1.807, 2.05) is 11.8 Å². The van der Waals surface area contributed by atoms with E-state index in [0.717, 1.165) is 6.42 Å². The van der Waals surface area contributed by atoms with Crippen molar-refractivity contribution in [2.45, 2.75) is 38.8 Å². The lowest BCUT2D eigenvalue weighted by molar-refractivity contribution is -0.179. The van der Waals surface area contributed by atoms with E-state index in [1.54, 1.807) is 6.07 Å². The van der Waals surface area contributed by atoms with Gasteiger partial charge in [0.15, 0.2) is 0 Å². The summed E-state index contributed by atoms with van der Waals surface area (Å²) >= 11 is 0.